The average Bonchev–Trinajstić information content (AvgIpc) is 2.86. The predicted octanol–water partition coefficient (Wildman–Crippen LogP) is 1.18. The number of likely N-dealkylation sites (tertiary alicyclic amines) is 1. The standard InChI is InChI=1S/C13H19N3O3/c14-15-13(18)11-7-6-10(19-11)9-16-8-4-2-1-3-5-12(16)17/h6-7H,1-5,8-9,14H2,(H,15,18). The van der Waals surface area contributed by atoms with Crippen molar-refractivity contribution in [3.8, 4) is 0 Å². The lowest BCUT2D eigenvalue weighted by Crippen LogP contribution is -2.32. The molecule has 6 heteroatoms. The monoisotopic (exact) mass is 265 g/mol. The van der Waals surface area contributed by atoms with Crippen molar-refractivity contribution in [1.82, 2.24) is 10.3 Å². The van der Waals surface area contributed by atoms with E-state index in [1.165, 1.54) is 0 Å². The summed E-state index contributed by atoms with van der Waals surface area (Å²) in [6, 6.07) is 3.27. The molecule has 3 N–H and O–H groups in total. The van der Waals surface area contributed by atoms with Gasteiger partial charge in [0.15, 0.2) is 5.76 Å². The maximum absolute atomic E-state index is 12.0. The van der Waals surface area contributed by atoms with Crippen LogP contribution in [-0.2, 0) is 11.3 Å². The third-order valence-electron chi connectivity index (χ3n) is 3.28. The molecular formula is C13H19N3O3. The second kappa shape index (κ2) is 6.38. The topological polar surface area (TPSA) is 88.6 Å². The molecule has 1 aliphatic rings. The van der Waals surface area contributed by atoms with E-state index in [1.807, 2.05) is 5.43 Å². The highest BCUT2D eigenvalue weighted by atomic mass is 16.4. The van der Waals surface area contributed by atoms with Gasteiger partial charge >= 0.3 is 5.91 Å². The normalized spacial score (nSPS) is 16.9. The minimum atomic E-state index is -0.467. The molecule has 6 nitrogen and oxygen atoms in total. The molecule has 2 heterocycles. The summed E-state index contributed by atoms with van der Waals surface area (Å²) in [5.74, 6) is 5.49. The van der Waals surface area contributed by atoms with Crippen molar-refractivity contribution in [3.05, 3.63) is 23.7 Å². The van der Waals surface area contributed by atoms with Gasteiger partial charge < -0.3 is 9.32 Å². The van der Waals surface area contributed by atoms with E-state index in [1.54, 1.807) is 17.0 Å². The second-order valence-corrected chi connectivity index (χ2v) is 4.72. The average molecular weight is 265 g/mol. The van der Waals surface area contributed by atoms with E-state index in [2.05, 4.69) is 0 Å². The van der Waals surface area contributed by atoms with Crippen LogP contribution in [0.25, 0.3) is 0 Å². The first-order chi connectivity index (χ1) is 9.20. The van der Waals surface area contributed by atoms with Gasteiger partial charge in [-0.3, -0.25) is 15.0 Å². The molecule has 1 fully saturated rings. The zero-order valence-corrected chi connectivity index (χ0v) is 10.9. The smallest absolute Gasteiger partial charge is 0.300 e. The van der Waals surface area contributed by atoms with Crippen LogP contribution >= 0.6 is 0 Å². The van der Waals surface area contributed by atoms with E-state index in [0.29, 0.717) is 18.7 Å². The van der Waals surface area contributed by atoms with Crippen LogP contribution in [0, 0.1) is 0 Å². The molecule has 0 aromatic carbocycles. The van der Waals surface area contributed by atoms with Gasteiger partial charge in [0.25, 0.3) is 0 Å². The SMILES string of the molecule is NNC(=O)c1ccc(CN2CCCCCCC2=O)o1. The maximum Gasteiger partial charge on any atom is 0.300 e. The van der Waals surface area contributed by atoms with E-state index in [9.17, 15) is 9.59 Å². The van der Waals surface area contributed by atoms with Crippen molar-refractivity contribution in [2.24, 2.45) is 5.84 Å². The molecule has 1 aliphatic heterocycles. The van der Waals surface area contributed by atoms with Crippen LogP contribution < -0.4 is 11.3 Å². The zero-order valence-electron chi connectivity index (χ0n) is 10.9. The van der Waals surface area contributed by atoms with Crippen molar-refractivity contribution in [3.63, 3.8) is 0 Å². The van der Waals surface area contributed by atoms with Gasteiger partial charge in [0.2, 0.25) is 5.91 Å². The predicted molar refractivity (Wildman–Crippen MR) is 68.9 cm³/mol. The summed E-state index contributed by atoms with van der Waals surface area (Å²) >= 11 is 0. The molecule has 1 saturated heterocycles. The molecule has 0 saturated carbocycles. The molecule has 0 aliphatic carbocycles. The third-order valence-corrected chi connectivity index (χ3v) is 3.28. The minimum absolute atomic E-state index is 0.154. The van der Waals surface area contributed by atoms with Gasteiger partial charge in [0, 0.05) is 13.0 Å². The van der Waals surface area contributed by atoms with Gasteiger partial charge in [-0.2, -0.15) is 0 Å². The first-order valence-corrected chi connectivity index (χ1v) is 6.58. The number of carbonyl (C=O) groups is 2. The van der Waals surface area contributed by atoms with Crippen molar-refractivity contribution in [2.45, 2.75) is 38.6 Å². The van der Waals surface area contributed by atoms with Gasteiger partial charge in [-0.25, -0.2) is 5.84 Å². The quantitative estimate of drug-likeness (QED) is 0.488. The van der Waals surface area contributed by atoms with Crippen LogP contribution in [0.5, 0.6) is 0 Å². The Morgan fingerprint density at radius 2 is 2.11 bits per heavy atom. The number of hydrazine groups is 1. The number of nitrogen functional groups attached to an aromatic ring is 1. The minimum Gasteiger partial charge on any atom is -0.454 e. The molecule has 0 unspecified atom stereocenters. The highest BCUT2D eigenvalue weighted by Crippen LogP contribution is 2.16. The summed E-state index contributed by atoms with van der Waals surface area (Å²) in [4.78, 5) is 25.0. The first kappa shape index (κ1) is 13.6. The van der Waals surface area contributed by atoms with E-state index in [-0.39, 0.29) is 11.7 Å². The summed E-state index contributed by atoms with van der Waals surface area (Å²) in [7, 11) is 0. The van der Waals surface area contributed by atoms with Crippen LogP contribution in [0.4, 0.5) is 0 Å². The van der Waals surface area contributed by atoms with Crippen LogP contribution in [0.3, 0.4) is 0 Å². The highest BCUT2D eigenvalue weighted by Gasteiger charge is 2.18. The Morgan fingerprint density at radius 3 is 2.89 bits per heavy atom. The largest absolute Gasteiger partial charge is 0.454 e. The van der Waals surface area contributed by atoms with Crippen LogP contribution in [0.15, 0.2) is 16.5 Å². The maximum atomic E-state index is 12.0. The van der Waals surface area contributed by atoms with Crippen LogP contribution in [0.2, 0.25) is 0 Å². The summed E-state index contributed by atoms with van der Waals surface area (Å²) in [6.07, 6.45) is 4.84. The Bertz CT molecular complexity index is 456. The Kier molecular flexibility index (Phi) is 4.57. The fraction of sp³-hybridized carbons (Fsp3) is 0.538. The number of rotatable bonds is 3. The number of carbonyl (C=O) groups excluding carboxylic acids is 2. The van der Waals surface area contributed by atoms with Gasteiger partial charge in [-0.15, -0.1) is 0 Å². The number of hydrogen-bond donors (Lipinski definition) is 2. The number of nitrogens with two attached hydrogens (primary N) is 1. The lowest BCUT2D eigenvalue weighted by atomic mass is 10.1. The number of furan rings is 1. The molecule has 0 spiro atoms. The highest BCUT2D eigenvalue weighted by molar-refractivity contribution is 5.90. The van der Waals surface area contributed by atoms with Crippen molar-refractivity contribution in [1.29, 1.82) is 0 Å². The molecular weight excluding hydrogens is 246 g/mol. The zero-order chi connectivity index (χ0) is 13.7. The van der Waals surface area contributed by atoms with E-state index < -0.39 is 5.91 Å². The van der Waals surface area contributed by atoms with Gasteiger partial charge in [-0.05, 0) is 25.0 Å². The molecule has 0 radical (unpaired) electrons. The fourth-order valence-corrected chi connectivity index (χ4v) is 2.23. The summed E-state index contributed by atoms with van der Waals surface area (Å²) in [5.41, 5.74) is 2.01. The lowest BCUT2D eigenvalue weighted by Gasteiger charge is -2.23. The Hall–Kier alpha value is -1.82. The lowest BCUT2D eigenvalue weighted by molar-refractivity contribution is -0.132. The summed E-state index contributed by atoms with van der Waals surface area (Å²) < 4.78 is 5.37. The first-order valence-electron chi connectivity index (χ1n) is 6.58. The molecule has 0 bridgehead atoms. The van der Waals surface area contributed by atoms with Gasteiger partial charge in [0.1, 0.15) is 5.76 Å². The fourth-order valence-electron chi connectivity index (χ4n) is 2.23. The van der Waals surface area contributed by atoms with E-state index in [0.717, 1.165) is 32.2 Å². The molecule has 1 aromatic rings. The molecule has 19 heavy (non-hydrogen) atoms. The Labute approximate surface area is 111 Å². The molecule has 104 valence electrons. The molecule has 2 amide bonds. The summed E-state index contributed by atoms with van der Waals surface area (Å²) in [5, 5.41) is 0. The molecule has 1 aromatic heterocycles. The second-order valence-electron chi connectivity index (χ2n) is 4.72. The number of hydrogen-bond acceptors (Lipinski definition) is 4. The van der Waals surface area contributed by atoms with Crippen LogP contribution in [-0.4, -0.2) is 23.3 Å². The van der Waals surface area contributed by atoms with Gasteiger partial charge in [0.05, 0.1) is 6.54 Å². The number of amides is 2. The van der Waals surface area contributed by atoms with Crippen molar-refractivity contribution in [2.75, 3.05) is 6.54 Å². The number of nitrogens with zero attached hydrogens (tertiary/aromatic N) is 1. The van der Waals surface area contributed by atoms with Crippen molar-refractivity contribution >= 4 is 11.8 Å². The number of nitrogens with one attached hydrogen (secondary N) is 1. The van der Waals surface area contributed by atoms with E-state index >= 15 is 0 Å². The summed E-state index contributed by atoms with van der Waals surface area (Å²) in [6.45, 7) is 1.16. The van der Waals surface area contributed by atoms with E-state index in [4.69, 9.17) is 10.3 Å². The van der Waals surface area contributed by atoms with Gasteiger partial charge in [-0.1, -0.05) is 12.8 Å². The third kappa shape index (κ3) is 3.57. The van der Waals surface area contributed by atoms with Crippen LogP contribution in [0.1, 0.15) is 48.4 Å². The van der Waals surface area contributed by atoms with Crippen molar-refractivity contribution < 1.29 is 14.0 Å². The molecule has 2 rings (SSSR count). The molecule has 0 atom stereocenters. The Balaban J connectivity index is 2.00. The Morgan fingerprint density at radius 1 is 1.32 bits per heavy atom.